The lowest BCUT2D eigenvalue weighted by Crippen LogP contribution is -2.03. The Morgan fingerprint density at radius 1 is 1.00 bits per heavy atom. The summed E-state index contributed by atoms with van der Waals surface area (Å²) in [7, 11) is -3.52. The van der Waals surface area contributed by atoms with Gasteiger partial charge >= 0.3 is 0 Å². The minimum absolute atomic E-state index is 0.301. The Morgan fingerprint density at radius 2 is 1.76 bits per heavy atom. The minimum Gasteiger partial charge on any atom is -0.360 e. The number of rotatable bonds is 4. The summed E-state index contributed by atoms with van der Waals surface area (Å²) in [5, 5.41) is 0.713. The molecule has 3 aromatic rings. The van der Waals surface area contributed by atoms with Gasteiger partial charge in [-0.3, -0.25) is 0 Å². The molecule has 0 radical (unpaired) electrons. The third kappa shape index (κ3) is 2.34. The Balaban J connectivity index is 2.20. The van der Waals surface area contributed by atoms with E-state index in [1.165, 1.54) is 0 Å². The lowest BCUT2D eigenvalue weighted by Gasteiger charge is -2.04. The molecule has 0 aliphatic heterocycles. The Kier molecular flexibility index (Phi) is 3.53. The van der Waals surface area contributed by atoms with Crippen LogP contribution >= 0.6 is 0 Å². The highest BCUT2D eigenvalue weighted by Crippen LogP contribution is 2.29. The average molecular weight is 300 g/mol. The molecule has 3 rings (SSSR count). The van der Waals surface area contributed by atoms with Crippen molar-refractivity contribution in [1.29, 1.82) is 0 Å². The third-order valence-electron chi connectivity index (χ3n) is 3.52. The highest BCUT2D eigenvalue weighted by molar-refractivity contribution is 7.91. The van der Waals surface area contributed by atoms with E-state index in [1.807, 2.05) is 18.2 Å². The number of hydrogen-bond donors (Lipinski definition) is 2. The van der Waals surface area contributed by atoms with Crippen LogP contribution in [0.3, 0.4) is 0 Å². The summed E-state index contributed by atoms with van der Waals surface area (Å²) in [4.78, 5) is 3.69. The lowest BCUT2D eigenvalue weighted by molar-refractivity contribution is 0.597. The third-order valence-corrected chi connectivity index (χ3v) is 5.33. The number of para-hydroxylation sites is 1. The maximum absolute atomic E-state index is 12.7. The molecule has 0 fully saturated rings. The zero-order valence-corrected chi connectivity index (χ0v) is 12.2. The fourth-order valence-electron chi connectivity index (χ4n) is 2.50. The monoisotopic (exact) mass is 300 g/mol. The summed E-state index contributed by atoms with van der Waals surface area (Å²) < 4.78 is 25.5. The molecular weight excluding hydrogens is 284 g/mol. The normalized spacial score (nSPS) is 11.9. The summed E-state index contributed by atoms with van der Waals surface area (Å²) in [5.74, 6) is 0. The van der Waals surface area contributed by atoms with Crippen molar-refractivity contribution in [3.63, 3.8) is 0 Å². The summed E-state index contributed by atoms with van der Waals surface area (Å²) in [5.41, 5.74) is 7.48. The van der Waals surface area contributed by atoms with Crippen LogP contribution < -0.4 is 5.73 Å². The van der Waals surface area contributed by atoms with Gasteiger partial charge in [0.1, 0.15) is 0 Å². The van der Waals surface area contributed by atoms with E-state index < -0.39 is 9.84 Å². The van der Waals surface area contributed by atoms with E-state index in [9.17, 15) is 8.42 Å². The molecule has 3 N–H and O–H groups in total. The number of aromatic amines is 1. The largest absolute Gasteiger partial charge is 0.360 e. The topological polar surface area (TPSA) is 76.0 Å². The second kappa shape index (κ2) is 5.35. The van der Waals surface area contributed by atoms with Crippen LogP contribution in [0.25, 0.3) is 10.9 Å². The van der Waals surface area contributed by atoms with E-state index in [0.29, 0.717) is 28.1 Å². The molecule has 4 nitrogen and oxygen atoms in total. The van der Waals surface area contributed by atoms with Crippen LogP contribution in [-0.4, -0.2) is 19.9 Å². The molecule has 1 aromatic heterocycles. The Bertz CT molecular complexity index is 868. The summed E-state index contributed by atoms with van der Waals surface area (Å²) in [6, 6.07) is 14.1. The van der Waals surface area contributed by atoms with Crippen molar-refractivity contribution >= 4 is 20.7 Å². The standard InChI is InChI=1S/C16H16N2O2S/c17-10-9-12-5-4-8-14-15(11-18-16(12)14)21(19,20)13-6-2-1-3-7-13/h1-8,11,18H,9-10,17H2. The Morgan fingerprint density at radius 3 is 2.48 bits per heavy atom. The summed E-state index contributed by atoms with van der Waals surface area (Å²) in [6.07, 6.45) is 2.27. The molecular formula is C16H16N2O2S. The van der Waals surface area contributed by atoms with Gasteiger partial charge < -0.3 is 10.7 Å². The summed E-state index contributed by atoms with van der Waals surface area (Å²) >= 11 is 0. The Labute approximate surface area is 123 Å². The zero-order chi connectivity index (χ0) is 14.9. The van der Waals surface area contributed by atoms with Crippen molar-refractivity contribution in [3.8, 4) is 0 Å². The highest BCUT2D eigenvalue weighted by Gasteiger charge is 2.21. The maximum Gasteiger partial charge on any atom is 0.208 e. The molecule has 0 saturated carbocycles. The maximum atomic E-state index is 12.7. The molecule has 0 spiro atoms. The average Bonchev–Trinajstić information content (AvgIpc) is 2.94. The van der Waals surface area contributed by atoms with E-state index in [0.717, 1.165) is 11.1 Å². The first-order valence-electron chi connectivity index (χ1n) is 6.74. The smallest absolute Gasteiger partial charge is 0.208 e. The zero-order valence-electron chi connectivity index (χ0n) is 11.4. The van der Waals surface area contributed by atoms with Crippen LogP contribution in [0.5, 0.6) is 0 Å². The second-order valence-electron chi connectivity index (χ2n) is 4.85. The van der Waals surface area contributed by atoms with Crippen molar-refractivity contribution < 1.29 is 8.42 Å². The molecule has 0 unspecified atom stereocenters. The molecule has 1 heterocycles. The van der Waals surface area contributed by atoms with Crippen molar-refractivity contribution in [3.05, 3.63) is 60.3 Å². The van der Waals surface area contributed by atoms with Crippen LogP contribution in [0, 0.1) is 0 Å². The molecule has 0 saturated heterocycles. The summed E-state index contributed by atoms with van der Waals surface area (Å²) in [6.45, 7) is 0.527. The van der Waals surface area contributed by atoms with Crippen molar-refractivity contribution in [2.75, 3.05) is 6.54 Å². The van der Waals surface area contributed by atoms with Crippen molar-refractivity contribution in [1.82, 2.24) is 4.98 Å². The number of nitrogens with one attached hydrogen (secondary N) is 1. The molecule has 2 aromatic carbocycles. The number of sulfone groups is 1. The van der Waals surface area contributed by atoms with E-state index >= 15 is 0 Å². The molecule has 21 heavy (non-hydrogen) atoms. The quantitative estimate of drug-likeness (QED) is 0.777. The first-order chi connectivity index (χ1) is 10.1. The number of hydrogen-bond acceptors (Lipinski definition) is 3. The van der Waals surface area contributed by atoms with Gasteiger partial charge in [-0.1, -0.05) is 36.4 Å². The van der Waals surface area contributed by atoms with E-state index in [4.69, 9.17) is 5.73 Å². The Hall–Kier alpha value is -2.11. The second-order valence-corrected chi connectivity index (χ2v) is 6.77. The molecule has 0 aliphatic carbocycles. The van der Waals surface area contributed by atoms with Gasteiger partial charge in [-0.15, -0.1) is 0 Å². The van der Waals surface area contributed by atoms with Gasteiger partial charge in [0.05, 0.1) is 15.3 Å². The molecule has 108 valence electrons. The predicted octanol–water partition coefficient (Wildman–Crippen LogP) is 2.50. The number of H-pyrrole nitrogens is 1. The van der Waals surface area contributed by atoms with E-state index in [2.05, 4.69) is 4.98 Å². The molecule has 0 amide bonds. The highest BCUT2D eigenvalue weighted by atomic mass is 32.2. The SMILES string of the molecule is NCCc1cccc2c(S(=O)(=O)c3ccccc3)c[nH]c12. The predicted molar refractivity (Wildman–Crippen MR) is 83.0 cm³/mol. The van der Waals surface area contributed by atoms with Crippen LogP contribution in [0.2, 0.25) is 0 Å². The molecule has 0 atom stereocenters. The van der Waals surface area contributed by atoms with Crippen LogP contribution in [0.1, 0.15) is 5.56 Å². The first kappa shape index (κ1) is 13.9. The van der Waals surface area contributed by atoms with E-state index in [-0.39, 0.29) is 0 Å². The van der Waals surface area contributed by atoms with Crippen LogP contribution in [0.15, 0.2) is 64.5 Å². The van der Waals surface area contributed by atoms with Crippen LogP contribution in [0.4, 0.5) is 0 Å². The fourth-order valence-corrected chi connectivity index (χ4v) is 3.95. The first-order valence-corrected chi connectivity index (χ1v) is 8.22. The van der Waals surface area contributed by atoms with Gasteiger partial charge in [0.2, 0.25) is 9.84 Å². The van der Waals surface area contributed by atoms with Gasteiger partial charge in [-0.05, 0) is 30.7 Å². The molecule has 0 bridgehead atoms. The van der Waals surface area contributed by atoms with Gasteiger partial charge in [0, 0.05) is 11.6 Å². The number of nitrogens with two attached hydrogens (primary N) is 1. The minimum atomic E-state index is -3.52. The number of fused-ring (bicyclic) bond motifs is 1. The number of benzene rings is 2. The molecule has 0 aliphatic rings. The van der Waals surface area contributed by atoms with E-state index in [1.54, 1.807) is 36.5 Å². The van der Waals surface area contributed by atoms with Gasteiger partial charge in [0.25, 0.3) is 0 Å². The van der Waals surface area contributed by atoms with Gasteiger partial charge in [0.15, 0.2) is 0 Å². The van der Waals surface area contributed by atoms with Crippen molar-refractivity contribution in [2.45, 2.75) is 16.2 Å². The fraction of sp³-hybridized carbons (Fsp3) is 0.125. The van der Waals surface area contributed by atoms with Gasteiger partial charge in [-0.25, -0.2) is 8.42 Å². The molecule has 5 heteroatoms. The number of aromatic nitrogens is 1. The lowest BCUT2D eigenvalue weighted by atomic mass is 10.1. The van der Waals surface area contributed by atoms with Crippen molar-refractivity contribution in [2.24, 2.45) is 5.73 Å². The van der Waals surface area contributed by atoms with Gasteiger partial charge in [-0.2, -0.15) is 0 Å². The van der Waals surface area contributed by atoms with Crippen LogP contribution in [-0.2, 0) is 16.3 Å².